The van der Waals surface area contributed by atoms with Crippen molar-refractivity contribution >= 4 is 29.4 Å². The van der Waals surface area contributed by atoms with Crippen LogP contribution in [0.1, 0.15) is 24.0 Å². The number of amides is 5. The van der Waals surface area contributed by atoms with Gasteiger partial charge in [-0.3, -0.25) is 24.2 Å². The summed E-state index contributed by atoms with van der Waals surface area (Å²) in [7, 11) is 1.59. The molecule has 0 saturated carbocycles. The normalized spacial score (nSPS) is 17.5. The molecule has 2 aliphatic heterocycles. The lowest BCUT2D eigenvalue weighted by Crippen LogP contribution is -2.50. The van der Waals surface area contributed by atoms with Gasteiger partial charge in [0.2, 0.25) is 17.7 Å². The first-order valence-electron chi connectivity index (χ1n) is 10.7. The van der Waals surface area contributed by atoms with Crippen LogP contribution in [0.4, 0.5) is 10.5 Å². The summed E-state index contributed by atoms with van der Waals surface area (Å²) in [6.45, 7) is 7.03. The van der Waals surface area contributed by atoms with Crippen LogP contribution >= 0.6 is 0 Å². The number of anilines is 1. The second kappa shape index (κ2) is 9.91. The van der Waals surface area contributed by atoms with Crippen LogP contribution in [0.2, 0.25) is 0 Å². The zero-order chi connectivity index (χ0) is 22.5. The molecule has 0 aromatic heterocycles. The van der Waals surface area contributed by atoms with Gasteiger partial charge in [-0.1, -0.05) is 18.2 Å². The van der Waals surface area contributed by atoms with E-state index in [1.54, 1.807) is 11.9 Å². The summed E-state index contributed by atoms with van der Waals surface area (Å²) in [6.07, 6.45) is 0.760. The van der Waals surface area contributed by atoms with Crippen molar-refractivity contribution in [2.75, 3.05) is 58.2 Å². The van der Waals surface area contributed by atoms with E-state index < -0.39 is 0 Å². The van der Waals surface area contributed by atoms with Crippen LogP contribution in [-0.2, 0) is 14.4 Å². The number of urea groups is 1. The Morgan fingerprint density at radius 1 is 1.03 bits per heavy atom. The SMILES string of the molecule is Cc1cccc(C)c1NC(=O)CN1CCN(C(=O)CCCN2C(=O)CN(C)C2=O)CC1. The van der Waals surface area contributed by atoms with Gasteiger partial charge in [-0.05, 0) is 31.4 Å². The molecule has 1 aromatic rings. The second-order valence-electron chi connectivity index (χ2n) is 8.26. The largest absolute Gasteiger partial charge is 0.340 e. The molecular formula is C22H31N5O4. The Morgan fingerprint density at radius 2 is 1.68 bits per heavy atom. The molecule has 31 heavy (non-hydrogen) atoms. The summed E-state index contributed by atoms with van der Waals surface area (Å²) in [5.74, 6) is -0.248. The third kappa shape index (κ3) is 5.61. The number of benzene rings is 1. The maximum atomic E-state index is 12.5. The molecule has 2 aliphatic rings. The fourth-order valence-corrected chi connectivity index (χ4v) is 3.98. The van der Waals surface area contributed by atoms with Crippen molar-refractivity contribution in [1.82, 2.24) is 19.6 Å². The molecule has 0 unspecified atom stereocenters. The van der Waals surface area contributed by atoms with E-state index in [0.29, 0.717) is 45.6 Å². The number of imide groups is 1. The number of piperazine rings is 1. The lowest BCUT2D eigenvalue weighted by molar-refractivity contribution is -0.133. The van der Waals surface area contributed by atoms with Gasteiger partial charge in [0.25, 0.3) is 0 Å². The summed E-state index contributed by atoms with van der Waals surface area (Å²) in [5, 5.41) is 3.00. The van der Waals surface area contributed by atoms with E-state index >= 15 is 0 Å². The highest BCUT2D eigenvalue weighted by Gasteiger charge is 2.33. The predicted octanol–water partition coefficient (Wildman–Crippen LogP) is 1.06. The zero-order valence-corrected chi connectivity index (χ0v) is 18.5. The van der Waals surface area contributed by atoms with E-state index in [0.717, 1.165) is 16.8 Å². The molecule has 9 nitrogen and oxygen atoms in total. The number of nitrogens with zero attached hydrogens (tertiary/aromatic N) is 4. The number of rotatable bonds is 7. The van der Waals surface area contributed by atoms with Crippen LogP contribution in [0.3, 0.4) is 0 Å². The molecule has 0 radical (unpaired) electrons. The first-order valence-corrected chi connectivity index (χ1v) is 10.7. The Labute approximate surface area is 182 Å². The van der Waals surface area contributed by atoms with Crippen molar-refractivity contribution in [3.63, 3.8) is 0 Å². The van der Waals surface area contributed by atoms with Crippen LogP contribution in [0.25, 0.3) is 0 Å². The van der Waals surface area contributed by atoms with Gasteiger partial charge in [-0.15, -0.1) is 0 Å². The number of aryl methyl sites for hydroxylation is 2. The van der Waals surface area contributed by atoms with Gasteiger partial charge in [-0.25, -0.2) is 4.79 Å². The maximum absolute atomic E-state index is 12.5. The molecule has 2 saturated heterocycles. The fraction of sp³-hybridized carbons (Fsp3) is 0.545. The predicted molar refractivity (Wildman–Crippen MR) is 117 cm³/mol. The first kappa shape index (κ1) is 22.7. The summed E-state index contributed by atoms with van der Waals surface area (Å²) < 4.78 is 0. The number of likely N-dealkylation sites (N-methyl/N-ethyl adjacent to an activating group) is 1. The van der Waals surface area contributed by atoms with Crippen molar-refractivity contribution < 1.29 is 19.2 Å². The number of hydrogen-bond acceptors (Lipinski definition) is 5. The van der Waals surface area contributed by atoms with Crippen molar-refractivity contribution in [3.05, 3.63) is 29.3 Å². The molecule has 168 valence electrons. The van der Waals surface area contributed by atoms with Gasteiger partial charge < -0.3 is 15.1 Å². The van der Waals surface area contributed by atoms with Crippen LogP contribution in [0, 0.1) is 13.8 Å². The van der Waals surface area contributed by atoms with Crippen LogP contribution in [0.15, 0.2) is 18.2 Å². The first-order chi connectivity index (χ1) is 14.8. The quantitative estimate of drug-likeness (QED) is 0.655. The van der Waals surface area contributed by atoms with Gasteiger partial charge in [0, 0.05) is 51.9 Å². The highest BCUT2D eigenvalue weighted by Crippen LogP contribution is 2.19. The fourth-order valence-electron chi connectivity index (χ4n) is 3.98. The van der Waals surface area contributed by atoms with Crippen LogP contribution in [0.5, 0.6) is 0 Å². The van der Waals surface area contributed by atoms with Gasteiger partial charge in [-0.2, -0.15) is 0 Å². The van der Waals surface area contributed by atoms with Crippen LogP contribution in [-0.4, -0.2) is 96.2 Å². The molecule has 0 bridgehead atoms. The van der Waals surface area contributed by atoms with Gasteiger partial charge >= 0.3 is 6.03 Å². The number of para-hydroxylation sites is 1. The minimum Gasteiger partial charge on any atom is -0.340 e. The summed E-state index contributed by atoms with van der Waals surface area (Å²) in [6, 6.07) is 5.61. The molecule has 0 atom stereocenters. The molecule has 1 aromatic carbocycles. The third-order valence-electron chi connectivity index (χ3n) is 5.84. The van der Waals surface area contributed by atoms with E-state index in [-0.39, 0.29) is 36.8 Å². The summed E-state index contributed by atoms with van der Waals surface area (Å²) >= 11 is 0. The van der Waals surface area contributed by atoms with Crippen molar-refractivity contribution in [2.24, 2.45) is 0 Å². The van der Waals surface area contributed by atoms with Gasteiger partial charge in [0.05, 0.1) is 6.54 Å². The Kier molecular flexibility index (Phi) is 7.27. The van der Waals surface area contributed by atoms with Crippen molar-refractivity contribution in [2.45, 2.75) is 26.7 Å². The zero-order valence-electron chi connectivity index (χ0n) is 18.5. The van der Waals surface area contributed by atoms with Gasteiger partial charge in [0.15, 0.2) is 0 Å². The van der Waals surface area contributed by atoms with E-state index in [1.165, 1.54) is 9.80 Å². The molecule has 3 rings (SSSR count). The Bertz CT molecular complexity index is 843. The standard InChI is InChI=1S/C22H31N5O4/c1-16-6-4-7-17(2)21(16)23-18(28)14-25-10-12-26(13-11-25)19(29)8-5-9-27-20(30)15-24(3)22(27)31/h4,6-7H,5,8-15H2,1-3H3,(H,23,28). The van der Waals surface area contributed by atoms with E-state index in [4.69, 9.17) is 0 Å². The van der Waals surface area contributed by atoms with Gasteiger partial charge in [0.1, 0.15) is 6.54 Å². The second-order valence-corrected chi connectivity index (χ2v) is 8.26. The Morgan fingerprint density at radius 3 is 2.26 bits per heavy atom. The van der Waals surface area contributed by atoms with Crippen molar-refractivity contribution in [3.8, 4) is 0 Å². The van der Waals surface area contributed by atoms with E-state index in [2.05, 4.69) is 5.32 Å². The molecule has 2 heterocycles. The lowest BCUT2D eigenvalue weighted by Gasteiger charge is -2.34. The van der Waals surface area contributed by atoms with Crippen molar-refractivity contribution in [1.29, 1.82) is 0 Å². The Balaban J connectivity index is 1.38. The topological polar surface area (TPSA) is 93.3 Å². The number of nitrogens with one attached hydrogen (secondary N) is 1. The minimum absolute atomic E-state index is 0.0205. The smallest absolute Gasteiger partial charge is 0.326 e. The molecule has 1 N–H and O–H groups in total. The average Bonchev–Trinajstić information content (AvgIpc) is 2.97. The molecule has 0 spiro atoms. The van der Waals surface area contributed by atoms with Crippen LogP contribution < -0.4 is 5.32 Å². The highest BCUT2D eigenvalue weighted by atomic mass is 16.2. The number of hydrogen-bond donors (Lipinski definition) is 1. The molecule has 9 heteroatoms. The summed E-state index contributed by atoms with van der Waals surface area (Å²) in [5.41, 5.74) is 2.93. The minimum atomic E-state index is -0.301. The third-order valence-corrected chi connectivity index (χ3v) is 5.84. The molecule has 0 aliphatic carbocycles. The Hall–Kier alpha value is -2.94. The maximum Gasteiger partial charge on any atom is 0.326 e. The average molecular weight is 430 g/mol. The number of carbonyl (C=O) groups is 4. The summed E-state index contributed by atoms with van der Waals surface area (Å²) in [4.78, 5) is 55.0. The molecule has 2 fully saturated rings. The van der Waals surface area contributed by atoms with E-state index in [9.17, 15) is 19.2 Å². The monoisotopic (exact) mass is 429 g/mol. The lowest BCUT2D eigenvalue weighted by atomic mass is 10.1. The highest BCUT2D eigenvalue weighted by molar-refractivity contribution is 6.01. The van der Waals surface area contributed by atoms with E-state index in [1.807, 2.05) is 36.9 Å². The molecule has 5 amide bonds. The number of carbonyl (C=O) groups excluding carboxylic acids is 4. The molecular weight excluding hydrogens is 398 g/mol.